The topological polar surface area (TPSA) is 97.5 Å². The number of amides is 1. The van der Waals surface area contributed by atoms with Gasteiger partial charge >= 0.3 is 12.1 Å². The summed E-state index contributed by atoms with van der Waals surface area (Å²) in [4.78, 5) is 24.3. The zero-order chi connectivity index (χ0) is 14.9. The van der Waals surface area contributed by atoms with Crippen molar-refractivity contribution in [2.24, 2.45) is 0 Å². The predicted molar refractivity (Wildman–Crippen MR) is 68.4 cm³/mol. The molecule has 1 aliphatic rings. The SMILES string of the molecule is CC(C)(C)OC(=O)N1CC[C@H](n2cc(C(=O)O)nn2)C1. The number of likely N-dealkylation sites (tertiary alicyclic amines) is 1. The fourth-order valence-electron chi connectivity index (χ4n) is 2.00. The zero-order valence-electron chi connectivity index (χ0n) is 11.7. The van der Waals surface area contributed by atoms with Gasteiger partial charge in [-0.1, -0.05) is 5.21 Å². The molecule has 1 aromatic heterocycles. The second-order valence-corrected chi connectivity index (χ2v) is 5.76. The number of carbonyl (C=O) groups is 2. The van der Waals surface area contributed by atoms with Gasteiger partial charge in [0.15, 0.2) is 5.69 Å². The minimum atomic E-state index is -1.11. The largest absolute Gasteiger partial charge is 0.476 e. The summed E-state index contributed by atoms with van der Waals surface area (Å²) in [5, 5.41) is 16.2. The van der Waals surface area contributed by atoms with E-state index in [9.17, 15) is 9.59 Å². The number of carboxylic acid groups (broad SMARTS) is 1. The molecular formula is C12H18N4O4. The maximum absolute atomic E-state index is 11.9. The van der Waals surface area contributed by atoms with E-state index in [-0.39, 0.29) is 17.8 Å². The number of aromatic nitrogens is 3. The lowest BCUT2D eigenvalue weighted by molar-refractivity contribution is 0.0288. The third-order valence-electron chi connectivity index (χ3n) is 2.92. The second kappa shape index (κ2) is 5.10. The van der Waals surface area contributed by atoms with Crippen molar-refractivity contribution in [3.8, 4) is 0 Å². The van der Waals surface area contributed by atoms with Crippen LogP contribution in [0.15, 0.2) is 6.20 Å². The highest BCUT2D eigenvalue weighted by molar-refractivity contribution is 5.84. The number of ether oxygens (including phenoxy) is 1. The molecule has 0 aliphatic carbocycles. The molecule has 1 aromatic rings. The first-order valence-corrected chi connectivity index (χ1v) is 6.39. The summed E-state index contributed by atoms with van der Waals surface area (Å²) in [5.41, 5.74) is -0.625. The third-order valence-corrected chi connectivity index (χ3v) is 2.92. The minimum absolute atomic E-state index is 0.0666. The highest BCUT2D eigenvalue weighted by atomic mass is 16.6. The van der Waals surface area contributed by atoms with Gasteiger partial charge in [0.2, 0.25) is 0 Å². The number of carboxylic acids is 1. The van der Waals surface area contributed by atoms with E-state index in [1.165, 1.54) is 10.9 Å². The molecule has 0 radical (unpaired) electrons. The first-order valence-electron chi connectivity index (χ1n) is 6.39. The maximum Gasteiger partial charge on any atom is 0.410 e. The molecule has 1 fully saturated rings. The average molecular weight is 282 g/mol. The van der Waals surface area contributed by atoms with Crippen LogP contribution in [0.2, 0.25) is 0 Å². The molecule has 1 saturated heterocycles. The molecule has 1 atom stereocenters. The Morgan fingerprint density at radius 1 is 1.45 bits per heavy atom. The van der Waals surface area contributed by atoms with Gasteiger partial charge in [-0.2, -0.15) is 0 Å². The summed E-state index contributed by atoms with van der Waals surface area (Å²) in [6.45, 7) is 6.44. The van der Waals surface area contributed by atoms with Crippen molar-refractivity contribution in [3.63, 3.8) is 0 Å². The molecular weight excluding hydrogens is 264 g/mol. The number of carbonyl (C=O) groups excluding carboxylic acids is 1. The predicted octanol–water partition coefficient (Wildman–Crippen LogP) is 1.16. The summed E-state index contributed by atoms with van der Waals surface area (Å²) in [5.74, 6) is -1.11. The lowest BCUT2D eigenvalue weighted by Crippen LogP contribution is -2.35. The van der Waals surface area contributed by atoms with Gasteiger partial charge in [-0.3, -0.25) is 0 Å². The Morgan fingerprint density at radius 3 is 2.70 bits per heavy atom. The van der Waals surface area contributed by atoms with Crippen molar-refractivity contribution in [2.75, 3.05) is 13.1 Å². The van der Waals surface area contributed by atoms with E-state index in [1.54, 1.807) is 4.90 Å². The van der Waals surface area contributed by atoms with Crippen LogP contribution in [0, 0.1) is 0 Å². The number of rotatable bonds is 2. The van der Waals surface area contributed by atoms with Crippen LogP contribution in [0.4, 0.5) is 4.79 Å². The van der Waals surface area contributed by atoms with Crippen LogP contribution in [-0.2, 0) is 4.74 Å². The Balaban J connectivity index is 1.98. The van der Waals surface area contributed by atoms with E-state index in [0.29, 0.717) is 19.5 Å². The molecule has 0 bridgehead atoms. The lowest BCUT2D eigenvalue weighted by atomic mass is 10.2. The van der Waals surface area contributed by atoms with E-state index in [4.69, 9.17) is 9.84 Å². The third kappa shape index (κ3) is 3.25. The molecule has 8 nitrogen and oxygen atoms in total. The van der Waals surface area contributed by atoms with Crippen molar-refractivity contribution in [3.05, 3.63) is 11.9 Å². The van der Waals surface area contributed by atoms with E-state index < -0.39 is 11.6 Å². The molecule has 110 valence electrons. The molecule has 1 N–H and O–H groups in total. The van der Waals surface area contributed by atoms with Gasteiger partial charge in [-0.05, 0) is 27.2 Å². The smallest absolute Gasteiger partial charge is 0.410 e. The van der Waals surface area contributed by atoms with Gasteiger partial charge in [0.05, 0.1) is 12.2 Å². The Hall–Kier alpha value is -2.12. The van der Waals surface area contributed by atoms with E-state index in [2.05, 4.69) is 10.3 Å². The van der Waals surface area contributed by atoms with Crippen molar-refractivity contribution in [1.82, 2.24) is 19.9 Å². The lowest BCUT2D eigenvalue weighted by Gasteiger charge is -2.24. The van der Waals surface area contributed by atoms with Crippen molar-refractivity contribution in [2.45, 2.75) is 38.8 Å². The average Bonchev–Trinajstić information content (AvgIpc) is 2.95. The van der Waals surface area contributed by atoms with E-state index in [0.717, 1.165) is 0 Å². The molecule has 2 heterocycles. The van der Waals surface area contributed by atoms with E-state index in [1.807, 2.05) is 20.8 Å². The number of hydrogen-bond acceptors (Lipinski definition) is 5. The van der Waals surface area contributed by atoms with Crippen LogP contribution in [-0.4, -0.2) is 55.8 Å². The normalized spacial score (nSPS) is 19.1. The van der Waals surface area contributed by atoms with Crippen molar-refractivity contribution in [1.29, 1.82) is 0 Å². The minimum Gasteiger partial charge on any atom is -0.476 e. The van der Waals surface area contributed by atoms with Crippen LogP contribution in [0.3, 0.4) is 0 Å². The van der Waals surface area contributed by atoms with Crippen LogP contribution in [0.25, 0.3) is 0 Å². The zero-order valence-corrected chi connectivity index (χ0v) is 11.7. The van der Waals surface area contributed by atoms with Gasteiger partial charge in [0, 0.05) is 13.1 Å². The van der Waals surface area contributed by atoms with Crippen LogP contribution in [0.5, 0.6) is 0 Å². The van der Waals surface area contributed by atoms with Crippen molar-refractivity contribution >= 4 is 12.1 Å². The number of hydrogen-bond donors (Lipinski definition) is 1. The highest BCUT2D eigenvalue weighted by Crippen LogP contribution is 2.22. The number of aromatic carboxylic acids is 1. The molecule has 0 spiro atoms. The first kappa shape index (κ1) is 14.3. The molecule has 0 saturated carbocycles. The fourth-order valence-corrected chi connectivity index (χ4v) is 2.00. The van der Waals surface area contributed by atoms with Crippen LogP contribution in [0.1, 0.15) is 43.7 Å². The molecule has 1 aliphatic heterocycles. The van der Waals surface area contributed by atoms with Gasteiger partial charge in [-0.25, -0.2) is 14.3 Å². The van der Waals surface area contributed by atoms with Crippen LogP contribution >= 0.6 is 0 Å². The molecule has 0 aromatic carbocycles. The quantitative estimate of drug-likeness (QED) is 0.874. The molecule has 8 heteroatoms. The van der Waals surface area contributed by atoms with Crippen LogP contribution < -0.4 is 0 Å². The first-order chi connectivity index (χ1) is 9.26. The van der Waals surface area contributed by atoms with Gasteiger partial charge < -0.3 is 14.7 Å². The summed E-state index contributed by atoms with van der Waals surface area (Å²) in [7, 11) is 0. The number of nitrogens with zero attached hydrogens (tertiary/aromatic N) is 4. The Labute approximate surface area is 116 Å². The summed E-state index contributed by atoms with van der Waals surface area (Å²) in [6, 6.07) is -0.0666. The molecule has 0 unspecified atom stereocenters. The maximum atomic E-state index is 11.9. The highest BCUT2D eigenvalue weighted by Gasteiger charge is 2.31. The van der Waals surface area contributed by atoms with Gasteiger partial charge in [-0.15, -0.1) is 5.10 Å². The van der Waals surface area contributed by atoms with Gasteiger partial charge in [0.1, 0.15) is 5.60 Å². The van der Waals surface area contributed by atoms with Gasteiger partial charge in [0.25, 0.3) is 0 Å². The van der Waals surface area contributed by atoms with Crippen molar-refractivity contribution < 1.29 is 19.4 Å². The fraction of sp³-hybridized carbons (Fsp3) is 0.667. The summed E-state index contributed by atoms with van der Waals surface area (Å²) in [6.07, 6.45) is 1.71. The molecule has 1 amide bonds. The Kier molecular flexibility index (Phi) is 3.65. The Bertz CT molecular complexity index is 520. The Morgan fingerprint density at radius 2 is 2.15 bits per heavy atom. The van der Waals surface area contributed by atoms with E-state index >= 15 is 0 Å². The standard InChI is InChI=1S/C12H18N4O4/c1-12(2,3)20-11(19)15-5-4-8(6-15)16-7-9(10(17)18)13-14-16/h7-8H,4-6H2,1-3H3,(H,17,18)/t8-/m0/s1. The second-order valence-electron chi connectivity index (χ2n) is 5.76. The monoisotopic (exact) mass is 282 g/mol. The molecule has 2 rings (SSSR count). The summed E-state index contributed by atoms with van der Waals surface area (Å²) >= 11 is 0. The molecule has 20 heavy (non-hydrogen) atoms. The summed E-state index contributed by atoms with van der Waals surface area (Å²) < 4.78 is 6.79.